The molecule has 10 heteroatoms. The van der Waals surface area contributed by atoms with Crippen LogP contribution in [0.25, 0.3) is 22.7 Å². The van der Waals surface area contributed by atoms with Crippen molar-refractivity contribution in [2.75, 3.05) is 62.3 Å². The van der Waals surface area contributed by atoms with E-state index in [1.807, 2.05) is 23.1 Å². The third kappa shape index (κ3) is 4.18. The molecule has 0 spiro atoms. The van der Waals surface area contributed by atoms with Crippen LogP contribution in [0, 0.1) is 5.92 Å². The SMILES string of the molecule is O=C(C1CCCN(c2ccc3[nH]c(-c4ccnc(N5CCOCC5)n4)nc3n2)C1)N1CCCC1. The highest BCUT2D eigenvalue weighted by molar-refractivity contribution is 5.80. The predicted octanol–water partition coefficient (Wildman–Crippen LogP) is 2.09. The Morgan fingerprint density at radius 3 is 2.65 bits per heavy atom. The minimum absolute atomic E-state index is 0.0544. The lowest BCUT2D eigenvalue weighted by Gasteiger charge is -2.34. The number of hydrogen-bond donors (Lipinski definition) is 1. The maximum atomic E-state index is 12.9. The highest BCUT2D eigenvalue weighted by Crippen LogP contribution is 2.27. The van der Waals surface area contributed by atoms with Crippen LogP contribution in [0.5, 0.6) is 0 Å². The Bertz CT molecular complexity index is 1170. The largest absolute Gasteiger partial charge is 0.378 e. The molecule has 1 atom stereocenters. The van der Waals surface area contributed by atoms with Crippen LogP contribution >= 0.6 is 0 Å². The molecule has 6 heterocycles. The van der Waals surface area contributed by atoms with Gasteiger partial charge in [0.2, 0.25) is 11.9 Å². The lowest BCUT2D eigenvalue weighted by molar-refractivity contribution is -0.134. The normalized spacial score (nSPS) is 21.4. The van der Waals surface area contributed by atoms with E-state index in [1.165, 1.54) is 0 Å². The Hall–Kier alpha value is -3.27. The molecular weight excluding hydrogens is 432 g/mol. The van der Waals surface area contributed by atoms with Crippen LogP contribution in [0.4, 0.5) is 11.8 Å². The average molecular weight is 463 g/mol. The van der Waals surface area contributed by atoms with Gasteiger partial charge in [0.1, 0.15) is 11.5 Å². The second kappa shape index (κ2) is 9.17. The molecule has 0 radical (unpaired) electrons. The van der Waals surface area contributed by atoms with Gasteiger partial charge in [-0.3, -0.25) is 4.79 Å². The number of nitrogens with one attached hydrogen (secondary N) is 1. The summed E-state index contributed by atoms with van der Waals surface area (Å²) in [5.41, 5.74) is 2.27. The van der Waals surface area contributed by atoms with Crippen molar-refractivity contribution in [2.24, 2.45) is 5.92 Å². The lowest BCUT2D eigenvalue weighted by atomic mass is 9.96. The summed E-state index contributed by atoms with van der Waals surface area (Å²) in [5.74, 6) is 2.61. The molecule has 178 valence electrons. The molecule has 3 aliphatic rings. The standard InChI is InChI=1S/C24H30N8O2/c33-23(30-9-1-2-10-30)17-4-3-11-32(16-17)20-6-5-18-22(28-20)29-21(26-18)19-7-8-25-24(27-19)31-12-14-34-15-13-31/h5-8,17H,1-4,9-16H2,(H,26,28,29). The molecule has 6 rings (SSSR count). The maximum Gasteiger partial charge on any atom is 0.227 e. The van der Waals surface area contributed by atoms with Gasteiger partial charge < -0.3 is 24.4 Å². The van der Waals surface area contributed by atoms with E-state index >= 15 is 0 Å². The first-order valence-electron chi connectivity index (χ1n) is 12.3. The number of amides is 1. The van der Waals surface area contributed by atoms with Crippen molar-refractivity contribution in [1.29, 1.82) is 0 Å². The van der Waals surface area contributed by atoms with Gasteiger partial charge in [0, 0.05) is 45.5 Å². The molecule has 3 aromatic heterocycles. The number of aromatic nitrogens is 5. The topological polar surface area (TPSA) is 103 Å². The average Bonchev–Trinajstić information content (AvgIpc) is 3.59. The van der Waals surface area contributed by atoms with Crippen LogP contribution in [0.15, 0.2) is 24.4 Å². The summed E-state index contributed by atoms with van der Waals surface area (Å²) in [6.45, 7) is 6.39. The van der Waals surface area contributed by atoms with Crippen molar-refractivity contribution in [2.45, 2.75) is 25.7 Å². The molecule has 1 amide bonds. The third-order valence-electron chi connectivity index (χ3n) is 7.02. The smallest absolute Gasteiger partial charge is 0.227 e. The van der Waals surface area contributed by atoms with Crippen LogP contribution in [-0.4, -0.2) is 88.2 Å². The van der Waals surface area contributed by atoms with Gasteiger partial charge in [-0.15, -0.1) is 0 Å². The first-order chi connectivity index (χ1) is 16.7. The quantitative estimate of drug-likeness (QED) is 0.629. The molecule has 10 nitrogen and oxygen atoms in total. The number of morpholine rings is 1. The highest BCUT2D eigenvalue weighted by atomic mass is 16.5. The van der Waals surface area contributed by atoms with E-state index in [-0.39, 0.29) is 5.92 Å². The summed E-state index contributed by atoms with van der Waals surface area (Å²) in [5, 5.41) is 0. The molecule has 3 saturated heterocycles. The lowest BCUT2D eigenvalue weighted by Crippen LogP contribution is -2.44. The monoisotopic (exact) mass is 462 g/mol. The molecule has 3 aliphatic heterocycles. The van der Waals surface area contributed by atoms with Crippen molar-refractivity contribution >= 4 is 28.8 Å². The number of hydrogen-bond acceptors (Lipinski definition) is 8. The number of aromatic amines is 1. The number of anilines is 2. The van der Waals surface area contributed by atoms with E-state index < -0.39 is 0 Å². The van der Waals surface area contributed by atoms with Crippen LogP contribution in [0.1, 0.15) is 25.7 Å². The Morgan fingerprint density at radius 1 is 0.941 bits per heavy atom. The maximum absolute atomic E-state index is 12.9. The molecule has 0 saturated carbocycles. The van der Waals surface area contributed by atoms with Crippen molar-refractivity contribution in [3.05, 3.63) is 24.4 Å². The Balaban J connectivity index is 1.21. The Labute approximate surface area is 198 Å². The van der Waals surface area contributed by atoms with Crippen molar-refractivity contribution in [3.8, 4) is 11.5 Å². The molecule has 1 unspecified atom stereocenters. The number of piperidine rings is 1. The zero-order chi connectivity index (χ0) is 22.9. The van der Waals surface area contributed by atoms with E-state index in [0.717, 1.165) is 82.0 Å². The van der Waals surface area contributed by atoms with Gasteiger partial charge in [0.25, 0.3) is 0 Å². The summed E-state index contributed by atoms with van der Waals surface area (Å²) >= 11 is 0. The number of pyridine rings is 1. The fraction of sp³-hybridized carbons (Fsp3) is 0.542. The van der Waals surface area contributed by atoms with Gasteiger partial charge in [0.05, 0.1) is 24.6 Å². The number of likely N-dealkylation sites (tertiary alicyclic amines) is 1. The van der Waals surface area contributed by atoms with E-state index in [9.17, 15) is 4.79 Å². The van der Waals surface area contributed by atoms with Crippen molar-refractivity contribution in [3.63, 3.8) is 0 Å². The zero-order valence-corrected chi connectivity index (χ0v) is 19.3. The minimum atomic E-state index is 0.0544. The number of ether oxygens (including phenoxy) is 1. The summed E-state index contributed by atoms with van der Waals surface area (Å²) < 4.78 is 5.43. The molecule has 0 aliphatic carbocycles. The molecular formula is C24H30N8O2. The van der Waals surface area contributed by atoms with Gasteiger partial charge in [-0.05, 0) is 43.9 Å². The van der Waals surface area contributed by atoms with E-state index in [1.54, 1.807) is 6.20 Å². The van der Waals surface area contributed by atoms with Gasteiger partial charge in [-0.25, -0.2) is 19.9 Å². The van der Waals surface area contributed by atoms with Crippen molar-refractivity contribution in [1.82, 2.24) is 29.8 Å². The van der Waals surface area contributed by atoms with Gasteiger partial charge in [-0.1, -0.05) is 0 Å². The molecule has 3 aromatic rings. The minimum Gasteiger partial charge on any atom is -0.378 e. The number of carbonyl (C=O) groups excluding carboxylic acids is 1. The molecule has 0 aromatic carbocycles. The second-order valence-corrected chi connectivity index (χ2v) is 9.28. The highest BCUT2D eigenvalue weighted by Gasteiger charge is 2.31. The number of H-pyrrole nitrogens is 1. The number of rotatable bonds is 4. The number of imidazole rings is 1. The summed E-state index contributed by atoms with van der Waals surface area (Å²) in [6.07, 6.45) is 5.98. The molecule has 3 fully saturated rings. The number of fused-ring (bicyclic) bond motifs is 1. The fourth-order valence-corrected chi connectivity index (χ4v) is 5.16. The van der Waals surface area contributed by atoms with E-state index in [4.69, 9.17) is 19.7 Å². The first kappa shape index (κ1) is 21.3. The Morgan fingerprint density at radius 2 is 1.79 bits per heavy atom. The van der Waals surface area contributed by atoms with E-state index in [0.29, 0.717) is 36.5 Å². The first-order valence-corrected chi connectivity index (χ1v) is 12.3. The van der Waals surface area contributed by atoms with Crippen LogP contribution in [-0.2, 0) is 9.53 Å². The van der Waals surface area contributed by atoms with Crippen LogP contribution in [0.3, 0.4) is 0 Å². The van der Waals surface area contributed by atoms with Crippen LogP contribution in [0.2, 0.25) is 0 Å². The zero-order valence-electron chi connectivity index (χ0n) is 19.3. The second-order valence-electron chi connectivity index (χ2n) is 9.28. The van der Waals surface area contributed by atoms with Gasteiger partial charge >= 0.3 is 0 Å². The molecule has 34 heavy (non-hydrogen) atoms. The molecule has 1 N–H and O–H groups in total. The number of nitrogens with zero attached hydrogens (tertiary/aromatic N) is 7. The number of carbonyl (C=O) groups is 1. The molecule has 0 bridgehead atoms. The Kier molecular flexibility index (Phi) is 5.74. The van der Waals surface area contributed by atoms with E-state index in [2.05, 4.69) is 19.8 Å². The third-order valence-corrected chi connectivity index (χ3v) is 7.02. The summed E-state index contributed by atoms with van der Waals surface area (Å²) in [6, 6.07) is 5.90. The van der Waals surface area contributed by atoms with Gasteiger partial charge in [0.15, 0.2) is 11.5 Å². The summed E-state index contributed by atoms with van der Waals surface area (Å²) in [4.78, 5) is 41.4. The fourth-order valence-electron chi connectivity index (χ4n) is 5.16. The predicted molar refractivity (Wildman–Crippen MR) is 129 cm³/mol. The van der Waals surface area contributed by atoms with Crippen LogP contribution < -0.4 is 9.80 Å². The summed E-state index contributed by atoms with van der Waals surface area (Å²) in [7, 11) is 0. The van der Waals surface area contributed by atoms with Gasteiger partial charge in [-0.2, -0.15) is 0 Å². The van der Waals surface area contributed by atoms with Crippen molar-refractivity contribution < 1.29 is 9.53 Å².